The first-order valence-electron chi connectivity index (χ1n) is 6.34. The maximum Gasteiger partial charge on any atom is 0.320 e. The third kappa shape index (κ3) is 4.79. The van der Waals surface area contributed by atoms with E-state index in [0.29, 0.717) is 18.1 Å². The van der Waals surface area contributed by atoms with Gasteiger partial charge in [0.1, 0.15) is 6.04 Å². The fourth-order valence-electron chi connectivity index (χ4n) is 1.64. The van der Waals surface area contributed by atoms with E-state index in [9.17, 15) is 4.79 Å². The van der Waals surface area contributed by atoms with Crippen molar-refractivity contribution in [1.82, 2.24) is 0 Å². The Morgan fingerprint density at radius 2 is 2.05 bits per heavy atom. The molecule has 0 aliphatic carbocycles. The normalized spacial score (nSPS) is 12.3. The van der Waals surface area contributed by atoms with E-state index in [1.165, 1.54) is 0 Å². The van der Waals surface area contributed by atoms with Gasteiger partial charge >= 0.3 is 5.97 Å². The molecule has 1 unspecified atom stereocenters. The summed E-state index contributed by atoms with van der Waals surface area (Å²) in [4.78, 5) is 10.7. The van der Waals surface area contributed by atoms with Gasteiger partial charge in [0.2, 0.25) is 0 Å². The molecule has 0 amide bonds. The lowest BCUT2D eigenvalue weighted by Gasteiger charge is -2.16. The molecule has 0 bridgehead atoms. The maximum absolute atomic E-state index is 10.7. The summed E-state index contributed by atoms with van der Waals surface area (Å²) in [5.74, 6) is 0.260. The van der Waals surface area contributed by atoms with E-state index in [1.54, 1.807) is 12.1 Å². The zero-order valence-corrected chi connectivity index (χ0v) is 11.6. The van der Waals surface area contributed by atoms with Crippen LogP contribution in [0.2, 0.25) is 0 Å². The highest BCUT2D eigenvalue weighted by molar-refractivity contribution is 5.73. The lowest BCUT2D eigenvalue weighted by Crippen LogP contribution is -2.32. The molecule has 1 rings (SSSR count). The molecule has 0 radical (unpaired) electrons. The van der Waals surface area contributed by atoms with Gasteiger partial charge in [0, 0.05) is 0 Å². The van der Waals surface area contributed by atoms with Crippen LogP contribution < -0.4 is 15.2 Å². The second-order valence-corrected chi connectivity index (χ2v) is 4.53. The van der Waals surface area contributed by atoms with Crippen LogP contribution in [0.1, 0.15) is 26.3 Å². The maximum atomic E-state index is 10.7. The van der Waals surface area contributed by atoms with Gasteiger partial charge in [-0.15, -0.1) is 0 Å². The van der Waals surface area contributed by atoms with Gasteiger partial charge in [0.05, 0.1) is 12.7 Å². The fourth-order valence-corrected chi connectivity index (χ4v) is 1.64. The van der Waals surface area contributed by atoms with Crippen molar-refractivity contribution >= 4 is 5.97 Å². The zero-order valence-electron chi connectivity index (χ0n) is 11.6. The second-order valence-electron chi connectivity index (χ2n) is 4.53. The number of ether oxygens (including phenoxy) is 2. The van der Waals surface area contributed by atoms with Gasteiger partial charge in [0.15, 0.2) is 11.5 Å². The van der Waals surface area contributed by atoms with E-state index >= 15 is 0 Å². The molecule has 0 heterocycles. The molecule has 1 aromatic carbocycles. The average molecular weight is 267 g/mol. The van der Waals surface area contributed by atoms with Gasteiger partial charge in [-0.1, -0.05) is 6.07 Å². The van der Waals surface area contributed by atoms with Crippen molar-refractivity contribution < 1.29 is 19.4 Å². The molecule has 1 atom stereocenters. The molecule has 19 heavy (non-hydrogen) atoms. The van der Waals surface area contributed by atoms with Crippen LogP contribution in [-0.4, -0.2) is 29.8 Å². The van der Waals surface area contributed by atoms with Crippen molar-refractivity contribution in [3.63, 3.8) is 0 Å². The molecule has 3 N–H and O–H groups in total. The molecule has 106 valence electrons. The highest BCUT2D eigenvalue weighted by Crippen LogP contribution is 2.29. The summed E-state index contributed by atoms with van der Waals surface area (Å²) in [5, 5.41) is 8.81. The summed E-state index contributed by atoms with van der Waals surface area (Å²) >= 11 is 0. The summed E-state index contributed by atoms with van der Waals surface area (Å²) in [5.41, 5.74) is 6.33. The molecule has 0 aliphatic heterocycles. The third-order valence-electron chi connectivity index (χ3n) is 2.44. The largest absolute Gasteiger partial charge is 0.490 e. The van der Waals surface area contributed by atoms with E-state index in [2.05, 4.69) is 0 Å². The van der Waals surface area contributed by atoms with Crippen molar-refractivity contribution in [2.24, 2.45) is 5.73 Å². The van der Waals surface area contributed by atoms with Gasteiger partial charge in [0.25, 0.3) is 0 Å². The van der Waals surface area contributed by atoms with Crippen molar-refractivity contribution in [3.8, 4) is 11.5 Å². The number of benzene rings is 1. The smallest absolute Gasteiger partial charge is 0.320 e. The molecule has 5 heteroatoms. The predicted molar refractivity (Wildman–Crippen MR) is 72.7 cm³/mol. The Morgan fingerprint density at radius 3 is 2.58 bits per heavy atom. The first kappa shape index (κ1) is 15.3. The minimum Gasteiger partial charge on any atom is -0.490 e. The van der Waals surface area contributed by atoms with Crippen LogP contribution in [0, 0.1) is 0 Å². The van der Waals surface area contributed by atoms with Crippen LogP contribution >= 0.6 is 0 Å². The molecular weight excluding hydrogens is 246 g/mol. The Hall–Kier alpha value is -1.75. The van der Waals surface area contributed by atoms with E-state index in [-0.39, 0.29) is 12.5 Å². The quantitative estimate of drug-likeness (QED) is 0.787. The summed E-state index contributed by atoms with van der Waals surface area (Å²) < 4.78 is 11.1. The van der Waals surface area contributed by atoms with E-state index in [4.69, 9.17) is 20.3 Å². The molecule has 0 spiro atoms. The number of carbonyl (C=O) groups is 1. The standard InChI is InChI=1S/C14H21NO4/c1-4-18-13-8-10(7-11(15)14(16)17)5-6-12(13)19-9(2)3/h5-6,8-9,11H,4,7,15H2,1-3H3,(H,16,17). The monoisotopic (exact) mass is 267 g/mol. The number of carboxylic acids is 1. The number of hydrogen-bond acceptors (Lipinski definition) is 4. The second kappa shape index (κ2) is 6.99. The minimum atomic E-state index is -1.01. The number of aliphatic carboxylic acids is 1. The van der Waals surface area contributed by atoms with Gasteiger partial charge in [-0.2, -0.15) is 0 Å². The number of rotatable bonds is 7. The van der Waals surface area contributed by atoms with Gasteiger partial charge < -0.3 is 20.3 Å². The molecule has 0 fully saturated rings. The van der Waals surface area contributed by atoms with Crippen LogP contribution in [0.3, 0.4) is 0 Å². The zero-order chi connectivity index (χ0) is 14.4. The van der Waals surface area contributed by atoms with Crippen molar-refractivity contribution in [2.75, 3.05) is 6.61 Å². The van der Waals surface area contributed by atoms with E-state index < -0.39 is 12.0 Å². The van der Waals surface area contributed by atoms with Gasteiger partial charge in [-0.3, -0.25) is 4.79 Å². The highest BCUT2D eigenvalue weighted by atomic mass is 16.5. The molecule has 1 aromatic rings. The number of hydrogen-bond donors (Lipinski definition) is 2. The van der Waals surface area contributed by atoms with Crippen molar-refractivity contribution in [3.05, 3.63) is 23.8 Å². The number of carboxylic acid groups (broad SMARTS) is 1. The topological polar surface area (TPSA) is 81.8 Å². The summed E-state index contributed by atoms with van der Waals surface area (Å²) in [6.07, 6.45) is 0.309. The SMILES string of the molecule is CCOc1cc(CC(N)C(=O)O)ccc1OC(C)C. The first-order chi connectivity index (χ1) is 8.93. The molecule has 0 saturated carbocycles. The third-order valence-corrected chi connectivity index (χ3v) is 2.44. The molecule has 0 saturated heterocycles. The molecule has 0 aromatic heterocycles. The average Bonchev–Trinajstić information content (AvgIpc) is 2.32. The van der Waals surface area contributed by atoms with E-state index in [1.807, 2.05) is 26.8 Å². The molecule has 0 aliphatic rings. The molecular formula is C14H21NO4. The lowest BCUT2D eigenvalue weighted by molar-refractivity contribution is -0.138. The van der Waals surface area contributed by atoms with E-state index in [0.717, 1.165) is 5.56 Å². The first-order valence-corrected chi connectivity index (χ1v) is 6.34. The van der Waals surface area contributed by atoms with Crippen LogP contribution in [0.15, 0.2) is 18.2 Å². The Morgan fingerprint density at radius 1 is 1.37 bits per heavy atom. The Bertz CT molecular complexity index is 431. The fraction of sp³-hybridized carbons (Fsp3) is 0.500. The van der Waals surface area contributed by atoms with Crippen molar-refractivity contribution in [1.29, 1.82) is 0 Å². The minimum absolute atomic E-state index is 0.0475. The van der Waals surface area contributed by atoms with Crippen molar-refractivity contribution in [2.45, 2.75) is 39.3 Å². The van der Waals surface area contributed by atoms with Crippen LogP contribution in [0.4, 0.5) is 0 Å². The Balaban J connectivity index is 2.91. The molecule has 5 nitrogen and oxygen atoms in total. The van der Waals surface area contributed by atoms with Crippen LogP contribution in [-0.2, 0) is 11.2 Å². The Kier molecular flexibility index (Phi) is 5.63. The number of nitrogens with two attached hydrogens (primary N) is 1. The van der Waals surface area contributed by atoms with Gasteiger partial charge in [-0.05, 0) is 44.9 Å². The Labute approximate surface area is 113 Å². The van der Waals surface area contributed by atoms with Crippen LogP contribution in [0.25, 0.3) is 0 Å². The predicted octanol–water partition coefficient (Wildman–Crippen LogP) is 1.83. The summed E-state index contributed by atoms with van der Waals surface area (Å²) in [6.45, 7) is 6.27. The highest BCUT2D eigenvalue weighted by Gasteiger charge is 2.14. The summed E-state index contributed by atoms with van der Waals surface area (Å²) in [7, 11) is 0. The van der Waals surface area contributed by atoms with Crippen LogP contribution in [0.5, 0.6) is 11.5 Å². The van der Waals surface area contributed by atoms with Gasteiger partial charge in [-0.25, -0.2) is 0 Å². The summed E-state index contributed by atoms with van der Waals surface area (Å²) in [6, 6.07) is 4.47. The lowest BCUT2D eigenvalue weighted by atomic mass is 10.1.